The first-order chi connectivity index (χ1) is 7.13. The highest BCUT2D eigenvalue weighted by Gasteiger charge is 2.08. The average molecular weight is 210 g/mol. The summed E-state index contributed by atoms with van der Waals surface area (Å²) >= 11 is 0. The van der Waals surface area contributed by atoms with Gasteiger partial charge < -0.3 is 11.1 Å². The van der Waals surface area contributed by atoms with E-state index >= 15 is 0 Å². The maximum atomic E-state index is 11.4. The minimum absolute atomic E-state index is 0.0668. The van der Waals surface area contributed by atoms with Crippen LogP contribution in [0.2, 0.25) is 0 Å². The van der Waals surface area contributed by atoms with Crippen molar-refractivity contribution < 1.29 is 4.79 Å². The molecule has 1 aromatic rings. The number of rotatable bonds is 5. The van der Waals surface area contributed by atoms with Gasteiger partial charge in [0.25, 0.3) is 0 Å². The predicted molar refractivity (Wildman–Crippen MR) is 59.4 cm³/mol. The zero-order chi connectivity index (χ0) is 11.3. The molecule has 0 radical (unpaired) electrons. The molecule has 0 spiro atoms. The summed E-state index contributed by atoms with van der Waals surface area (Å²) in [6.07, 6.45) is 2.99. The van der Waals surface area contributed by atoms with Gasteiger partial charge >= 0.3 is 0 Å². The van der Waals surface area contributed by atoms with Crippen LogP contribution in [0, 0.1) is 0 Å². The molecule has 0 fully saturated rings. The Hall–Kier alpha value is -1.36. The molecule has 0 saturated heterocycles. The van der Waals surface area contributed by atoms with Crippen LogP contribution in [-0.4, -0.2) is 21.7 Å². The largest absolute Gasteiger partial charge is 0.327 e. The van der Waals surface area contributed by atoms with Gasteiger partial charge in [0.15, 0.2) is 0 Å². The molecule has 1 heterocycles. The second-order valence-corrected chi connectivity index (χ2v) is 3.67. The van der Waals surface area contributed by atoms with Crippen molar-refractivity contribution in [2.24, 2.45) is 5.73 Å². The molecule has 0 aromatic carbocycles. The lowest BCUT2D eigenvalue weighted by molar-refractivity contribution is -0.116. The van der Waals surface area contributed by atoms with Crippen molar-refractivity contribution in [3.63, 3.8) is 0 Å². The van der Waals surface area contributed by atoms with Gasteiger partial charge in [0.05, 0.1) is 6.20 Å². The van der Waals surface area contributed by atoms with E-state index in [0.717, 1.165) is 18.8 Å². The summed E-state index contributed by atoms with van der Waals surface area (Å²) in [6.45, 7) is 4.68. The SMILES string of the molecule is CCCn1nccc1NC(=O)CC(C)N. The lowest BCUT2D eigenvalue weighted by Gasteiger charge is -2.09. The van der Waals surface area contributed by atoms with Crippen molar-refractivity contribution in [3.05, 3.63) is 12.3 Å². The number of carbonyl (C=O) groups is 1. The zero-order valence-corrected chi connectivity index (χ0v) is 9.23. The number of hydrogen-bond donors (Lipinski definition) is 2. The first-order valence-corrected chi connectivity index (χ1v) is 5.20. The van der Waals surface area contributed by atoms with Crippen LogP contribution in [0.5, 0.6) is 0 Å². The van der Waals surface area contributed by atoms with Crippen LogP contribution in [0.1, 0.15) is 26.7 Å². The number of nitrogens with one attached hydrogen (secondary N) is 1. The van der Waals surface area contributed by atoms with E-state index in [4.69, 9.17) is 5.73 Å². The van der Waals surface area contributed by atoms with Gasteiger partial charge in [-0.25, -0.2) is 4.68 Å². The fourth-order valence-corrected chi connectivity index (χ4v) is 1.32. The number of hydrogen-bond acceptors (Lipinski definition) is 3. The summed E-state index contributed by atoms with van der Waals surface area (Å²) in [5.74, 6) is 0.672. The Labute approximate surface area is 89.6 Å². The monoisotopic (exact) mass is 210 g/mol. The third-order valence-electron chi connectivity index (χ3n) is 1.93. The van der Waals surface area contributed by atoms with Gasteiger partial charge in [-0.3, -0.25) is 4.79 Å². The van der Waals surface area contributed by atoms with Gasteiger partial charge in [0, 0.05) is 25.1 Å². The van der Waals surface area contributed by atoms with Gasteiger partial charge in [-0.1, -0.05) is 6.92 Å². The molecule has 0 aliphatic rings. The molecule has 84 valence electrons. The number of aryl methyl sites for hydroxylation is 1. The molecular weight excluding hydrogens is 192 g/mol. The molecule has 5 nitrogen and oxygen atoms in total. The highest BCUT2D eigenvalue weighted by atomic mass is 16.1. The van der Waals surface area contributed by atoms with Crippen molar-refractivity contribution in [2.75, 3.05) is 5.32 Å². The number of amides is 1. The number of aromatic nitrogens is 2. The van der Waals surface area contributed by atoms with Gasteiger partial charge in [-0.05, 0) is 13.3 Å². The minimum atomic E-state index is -0.118. The van der Waals surface area contributed by atoms with Gasteiger partial charge in [0.2, 0.25) is 5.91 Å². The van der Waals surface area contributed by atoms with Crippen LogP contribution in [0.3, 0.4) is 0 Å². The first-order valence-electron chi connectivity index (χ1n) is 5.20. The Bertz CT molecular complexity index is 319. The Morgan fingerprint density at radius 3 is 3.07 bits per heavy atom. The molecule has 0 saturated carbocycles. The van der Waals surface area contributed by atoms with E-state index in [-0.39, 0.29) is 11.9 Å². The summed E-state index contributed by atoms with van der Waals surface area (Å²) in [4.78, 5) is 11.4. The smallest absolute Gasteiger partial charge is 0.227 e. The second kappa shape index (κ2) is 5.50. The molecule has 1 unspecified atom stereocenters. The number of carbonyl (C=O) groups excluding carboxylic acids is 1. The highest BCUT2D eigenvalue weighted by Crippen LogP contribution is 2.07. The Kier molecular flexibility index (Phi) is 4.30. The van der Waals surface area contributed by atoms with E-state index in [1.165, 1.54) is 0 Å². The molecule has 1 amide bonds. The van der Waals surface area contributed by atoms with Gasteiger partial charge in [-0.2, -0.15) is 5.10 Å². The van der Waals surface area contributed by atoms with Gasteiger partial charge in [-0.15, -0.1) is 0 Å². The normalized spacial score (nSPS) is 12.5. The van der Waals surface area contributed by atoms with E-state index in [9.17, 15) is 4.79 Å². The number of anilines is 1. The average Bonchev–Trinajstić information content (AvgIpc) is 2.52. The first kappa shape index (κ1) is 11.7. The highest BCUT2D eigenvalue weighted by molar-refractivity contribution is 5.90. The van der Waals surface area contributed by atoms with Crippen molar-refractivity contribution in [1.82, 2.24) is 9.78 Å². The Morgan fingerprint density at radius 2 is 2.47 bits per heavy atom. The third kappa shape index (κ3) is 3.71. The molecule has 3 N–H and O–H groups in total. The second-order valence-electron chi connectivity index (χ2n) is 3.67. The standard InChI is InChI=1S/C10H18N4O/c1-3-6-14-9(4-5-12-14)13-10(15)7-8(2)11/h4-5,8H,3,6-7,11H2,1-2H3,(H,13,15). The molecule has 1 atom stereocenters. The number of nitrogens with zero attached hydrogens (tertiary/aromatic N) is 2. The fraction of sp³-hybridized carbons (Fsp3) is 0.600. The molecule has 1 aromatic heterocycles. The topological polar surface area (TPSA) is 72.9 Å². The van der Waals surface area contributed by atoms with Crippen LogP contribution >= 0.6 is 0 Å². The van der Waals surface area contributed by atoms with E-state index < -0.39 is 0 Å². The summed E-state index contributed by atoms with van der Waals surface area (Å²) in [5, 5.41) is 6.90. The Morgan fingerprint density at radius 1 is 1.73 bits per heavy atom. The summed E-state index contributed by atoms with van der Waals surface area (Å²) < 4.78 is 1.78. The summed E-state index contributed by atoms with van der Waals surface area (Å²) in [7, 11) is 0. The van der Waals surface area contributed by atoms with E-state index in [1.807, 2.05) is 6.92 Å². The van der Waals surface area contributed by atoms with Crippen molar-refractivity contribution in [1.29, 1.82) is 0 Å². The van der Waals surface area contributed by atoms with Crippen LogP contribution in [0.25, 0.3) is 0 Å². The summed E-state index contributed by atoms with van der Waals surface area (Å²) in [6, 6.07) is 1.67. The van der Waals surface area contributed by atoms with Crippen LogP contribution in [0.15, 0.2) is 12.3 Å². The van der Waals surface area contributed by atoms with Crippen LogP contribution < -0.4 is 11.1 Å². The molecule has 1 rings (SSSR count). The van der Waals surface area contributed by atoms with Crippen molar-refractivity contribution >= 4 is 11.7 Å². The van der Waals surface area contributed by atoms with Crippen LogP contribution in [0.4, 0.5) is 5.82 Å². The third-order valence-corrected chi connectivity index (χ3v) is 1.93. The molecule has 0 aliphatic carbocycles. The summed E-state index contributed by atoms with van der Waals surface area (Å²) in [5.41, 5.74) is 5.54. The lowest BCUT2D eigenvalue weighted by Crippen LogP contribution is -2.25. The van der Waals surface area contributed by atoms with Crippen molar-refractivity contribution in [2.45, 2.75) is 39.3 Å². The fourth-order valence-electron chi connectivity index (χ4n) is 1.32. The van der Waals surface area contributed by atoms with Gasteiger partial charge in [0.1, 0.15) is 5.82 Å². The molecule has 0 bridgehead atoms. The van der Waals surface area contributed by atoms with Crippen LogP contribution in [-0.2, 0) is 11.3 Å². The maximum Gasteiger partial charge on any atom is 0.227 e. The van der Waals surface area contributed by atoms with Crippen molar-refractivity contribution in [3.8, 4) is 0 Å². The molecule has 5 heteroatoms. The maximum absolute atomic E-state index is 11.4. The number of nitrogens with two attached hydrogens (primary N) is 1. The molecular formula is C10H18N4O. The van der Waals surface area contributed by atoms with E-state index in [2.05, 4.69) is 17.3 Å². The minimum Gasteiger partial charge on any atom is -0.327 e. The quantitative estimate of drug-likeness (QED) is 0.760. The molecule has 0 aliphatic heterocycles. The van der Waals surface area contributed by atoms with E-state index in [0.29, 0.717) is 6.42 Å². The van der Waals surface area contributed by atoms with E-state index in [1.54, 1.807) is 16.9 Å². The Balaban J connectivity index is 2.55. The predicted octanol–water partition coefficient (Wildman–Crippen LogP) is 0.969. The molecule has 15 heavy (non-hydrogen) atoms. The lowest BCUT2D eigenvalue weighted by atomic mass is 10.2. The zero-order valence-electron chi connectivity index (χ0n) is 9.23.